The minimum atomic E-state index is -0.952. The molecule has 0 fully saturated rings. The number of allylic oxidation sites excluding steroid dienone is 3. The van der Waals surface area contributed by atoms with Gasteiger partial charge in [-0.15, -0.1) is 0 Å². The molecule has 2 aliphatic heterocycles. The van der Waals surface area contributed by atoms with Crippen molar-refractivity contribution < 1.29 is 33.3 Å². The molecular formula is C28H27NO7. The van der Waals surface area contributed by atoms with Crippen molar-refractivity contribution in [3.8, 4) is 11.5 Å². The summed E-state index contributed by atoms with van der Waals surface area (Å²) < 4.78 is 21.7. The number of esters is 2. The van der Waals surface area contributed by atoms with Gasteiger partial charge in [0.25, 0.3) is 0 Å². The fourth-order valence-electron chi connectivity index (χ4n) is 5.18. The second kappa shape index (κ2) is 9.53. The van der Waals surface area contributed by atoms with Crippen LogP contribution in [0, 0.1) is 11.8 Å². The van der Waals surface area contributed by atoms with Crippen LogP contribution in [0.2, 0.25) is 0 Å². The van der Waals surface area contributed by atoms with Crippen molar-refractivity contribution in [2.24, 2.45) is 11.8 Å². The number of dihydropyridines is 1. The summed E-state index contributed by atoms with van der Waals surface area (Å²) in [6.45, 7) is 3.83. The van der Waals surface area contributed by atoms with Gasteiger partial charge in [0.15, 0.2) is 17.3 Å². The van der Waals surface area contributed by atoms with Gasteiger partial charge in [-0.2, -0.15) is 0 Å². The summed E-state index contributed by atoms with van der Waals surface area (Å²) in [5.74, 6) is -2.31. The van der Waals surface area contributed by atoms with Gasteiger partial charge in [-0.3, -0.25) is 9.59 Å². The smallest absolute Gasteiger partial charge is 0.337 e. The van der Waals surface area contributed by atoms with Crippen molar-refractivity contribution in [1.82, 2.24) is 5.32 Å². The normalized spacial score (nSPS) is 22.6. The van der Waals surface area contributed by atoms with Crippen molar-refractivity contribution in [3.63, 3.8) is 0 Å². The van der Waals surface area contributed by atoms with Gasteiger partial charge in [-0.1, -0.05) is 43.3 Å². The van der Waals surface area contributed by atoms with Gasteiger partial charge in [0.2, 0.25) is 6.79 Å². The molecule has 8 heteroatoms. The highest BCUT2D eigenvalue weighted by atomic mass is 16.7. The number of carbonyl (C=O) groups excluding carboxylic acids is 3. The molecule has 1 N–H and O–H groups in total. The SMILES string of the molecule is COC(=O)[C@H]1C(=O)C2=C(C[C@@H]1C)NC(C)=C(C(=O)OCc1ccccc1)[C@H]2c1ccc2c(c1)OCO2. The van der Waals surface area contributed by atoms with Crippen molar-refractivity contribution in [2.75, 3.05) is 13.9 Å². The van der Waals surface area contributed by atoms with Gasteiger partial charge in [-0.25, -0.2) is 4.79 Å². The Balaban J connectivity index is 1.57. The van der Waals surface area contributed by atoms with E-state index in [-0.39, 0.29) is 25.1 Å². The molecule has 0 saturated carbocycles. The Kier molecular flexibility index (Phi) is 6.26. The average Bonchev–Trinajstić information content (AvgIpc) is 3.35. The van der Waals surface area contributed by atoms with Crippen LogP contribution in [0.5, 0.6) is 11.5 Å². The van der Waals surface area contributed by atoms with E-state index in [0.717, 1.165) is 5.56 Å². The number of hydrogen-bond acceptors (Lipinski definition) is 8. The molecule has 36 heavy (non-hydrogen) atoms. The number of fused-ring (bicyclic) bond motifs is 1. The molecule has 2 aromatic carbocycles. The highest BCUT2D eigenvalue weighted by Gasteiger charge is 2.47. The Hall–Kier alpha value is -4.07. The van der Waals surface area contributed by atoms with Crippen molar-refractivity contribution >= 4 is 17.7 Å². The maximum absolute atomic E-state index is 13.8. The monoisotopic (exact) mass is 489 g/mol. The maximum atomic E-state index is 13.8. The molecule has 186 valence electrons. The zero-order chi connectivity index (χ0) is 25.4. The molecule has 3 atom stereocenters. The van der Waals surface area contributed by atoms with Crippen LogP contribution in [0.4, 0.5) is 0 Å². The van der Waals surface area contributed by atoms with E-state index in [1.165, 1.54) is 7.11 Å². The molecular weight excluding hydrogens is 462 g/mol. The van der Waals surface area contributed by atoms with Crippen molar-refractivity contribution in [2.45, 2.75) is 32.8 Å². The lowest BCUT2D eigenvalue weighted by atomic mass is 9.69. The lowest BCUT2D eigenvalue weighted by Crippen LogP contribution is -2.43. The van der Waals surface area contributed by atoms with Crippen LogP contribution in [-0.4, -0.2) is 31.6 Å². The minimum Gasteiger partial charge on any atom is -0.468 e. The van der Waals surface area contributed by atoms with E-state index < -0.39 is 23.8 Å². The molecule has 2 heterocycles. The Bertz CT molecular complexity index is 1290. The maximum Gasteiger partial charge on any atom is 0.337 e. The molecule has 0 radical (unpaired) electrons. The summed E-state index contributed by atoms with van der Waals surface area (Å²) in [5.41, 5.74) is 3.51. The van der Waals surface area contributed by atoms with Crippen molar-refractivity contribution in [1.29, 1.82) is 0 Å². The lowest BCUT2D eigenvalue weighted by molar-refractivity contribution is -0.151. The van der Waals surface area contributed by atoms with Crippen LogP contribution in [0.25, 0.3) is 0 Å². The Morgan fingerprint density at radius 2 is 1.83 bits per heavy atom. The van der Waals surface area contributed by atoms with Crippen LogP contribution in [0.1, 0.15) is 37.3 Å². The quantitative estimate of drug-likeness (QED) is 0.501. The van der Waals surface area contributed by atoms with Crippen LogP contribution in [0.3, 0.4) is 0 Å². The molecule has 8 nitrogen and oxygen atoms in total. The second-order valence-electron chi connectivity index (χ2n) is 9.21. The molecule has 2 aromatic rings. The van der Waals surface area contributed by atoms with E-state index in [0.29, 0.717) is 46.0 Å². The van der Waals surface area contributed by atoms with Gasteiger partial charge >= 0.3 is 11.9 Å². The number of hydrogen-bond donors (Lipinski definition) is 1. The fourth-order valence-corrected chi connectivity index (χ4v) is 5.18. The molecule has 0 spiro atoms. The zero-order valence-corrected chi connectivity index (χ0v) is 20.3. The predicted octanol–water partition coefficient (Wildman–Crippen LogP) is 3.77. The number of carbonyl (C=O) groups is 3. The molecule has 0 aromatic heterocycles. The molecule has 0 amide bonds. The van der Waals surface area contributed by atoms with Crippen LogP contribution in [-0.2, 0) is 30.5 Å². The Morgan fingerprint density at radius 3 is 2.58 bits per heavy atom. The number of nitrogens with one attached hydrogen (secondary N) is 1. The van der Waals surface area contributed by atoms with Crippen LogP contribution in [0.15, 0.2) is 71.1 Å². The topological polar surface area (TPSA) is 100 Å². The van der Waals surface area contributed by atoms with Gasteiger partial charge in [0.05, 0.1) is 12.7 Å². The number of ketones is 1. The van der Waals surface area contributed by atoms with E-state index in [1.54, 1.807) is 19.1 Å². The van der Waals surface area contributed by atoms with E-state index >= 15 is 0 Å². The minimum absolute atomic E-state index is 0.0893. The summed E-state index contributed by atoms with van der Waals surface area (Å²) in [7, 11) is 1.27. The third-order valence-corrected chi connectivity index (χ3v) is 6.91. The first-order valence-electron chi connectivity index (χ1n) is 11.8. The first kappa shape index (κ1) is 23.7. The summed E-state index contributed by atoms with van der Waals surface area (Å²) in [5, 5.41) is 3.27. The first-order valence-corrected chi connectivity index (χ1v) is 11.8. The number of rotatable bonds is 5. The molecule has 1 aliphatic carbocycles. The summed E-state index contributed by atoms with van der Waals surface area (Å²) >= 11 is 0. The number of ether oxygens (including phenoxy) is 4. The zero-order valence-electron chi connectivity index (χ0n) is 20.3. The van der Waals surface area contributed by atoms with Crippen molar-refractivity contribution in [3.05, 3.63) is 82.2 Å². The Morgan fingerprint density at radius 1 is 1.08 bits per heavy atom. The lowest BCUT2D eigenvalue weighted by Gasteiger charge is -2.38. The molecule has 0 saturated heterocycles. The largest absolute Gasteiger partial charge is 0.468 e. The molecule has 5 rings (SSSR count). The van der Waals surface area contributed by atoms with Crippen LogP contribution >= 0.6 is 0 Å². The molecule has 0 unspecified atom stereocenters. The van der Waals surface area contributed by atoms with E-state index in [2.05, 4.69) is 5.32 Å². The van der Waals surface area contributed by atoms with E-state index in [1.807, 2.05) is 43.3 Å². The highest BCUT2D eigenvalue weighted by Crippen LogP contribution is 2.47. The summed E-state index contributed by atoms with van der Waals surface area (Å²) in [4.78, 5) is 39.9. The third kappa shape index (κ3) is 4.12. The second-order valence-corrected chi connectivity index (χ2v) is 9.21. The van der Waals surface area contributed by atoms with Crippen LogP contribution < -0.4 is 14.8 Å². The number of Topliss-reactive ketones (excluding diaryl/α,β-unsaturated/α-hetero) is 1. The van der Waals surface area contributed by atoms with E-state index in [4.69, 9.17) is 18.9 Å². The number of methoxy groups -OCH3 is 1. The molecule has 0 bridgehead atoms. The van der Waals surface area contributed by atoms with E-state index in [9.17, 15) is 14.4 Å². The van der Waals surface area contributed by atoms with Gasteiger partial charge in [-0.05, 0) is 42.5 Å². The van der Waals surface area contributed by atoms with Gasteiger partial charge in [0.1, 0.15) is 12.5 Å². The predicted molar refractivity (Wildman–Crippen MR) is 129 cm³/mol. The Labute approximate surface area is 208 Å². The highest BCUT2D eigenvalue weighted by molar-refractivity contribution is 6.12. The third-order valence-electron chi connectivity index (χ3n) is 6.91. The molecule has 3 aliphatic rings. The standard InChI is InChI=1S/C28H27NO7/c1-15-11-19-25(26(30)22(15)27(31)33-3)24(18-9-10-20-21(12-18)36-14-35-20)23(16(2)29-19)28(32)34-13-17-7-5-4-6-8-17/h4-10,12,15,22,24,29H,11,13-14H2,1-3H3/t15-,22+,24+/m0/s1. The fraction of sp³-hybridized carbons (Fsp3) is 0.321. The summed E-state index contributed by atoms with van der Waals surface area (Å²) in [6.07, 6.45) is 0.464. The number of benzene rings is 2. The first-order chi connectivity index (χ1) is 17.4. The van der Waals surface area contributed by atoms with Gasteiger partial charge < -0.3 is 24.3 Å². The van der Waals surface area contributed by atoms with Gasteiger partial charge in [0, 0.05) is 22.9 Å². The summed E-state index contributed by atoms with van der Waals surface area (Å²) in [6, 6.07) is 14.7. The average molecular weight is 490 g/mol.